The Morgan fingerprint density at radius 2 is 1.92 bits per heavy atom. The average molecular weight is 364 g/mol. The van der Waals surface area contributed by atoms with E-state index in [4.69, 9.17) is 4.74 Å². The number of aliphatic carboxylic acids is 1. The smallest absolute Gasteiger partial charge is 0.341 e. The lowest BCUT2D eigenvalue weighted by molar-refractivity contribution is -0.313. The van der Waals surface area contributed by atoms with Crippen molar-refractivity contribution in [2.45, 2.75) is 39.5 Å². The van der Waals surface area contributed by atoms with Gasteiger partial charge in [0.25, 0.3) is 0 Å². The largest absolute Gasteiger partial charge is 0.550 e. The predicted molar refractivity (Wildman–Crippen MR) is 93.4 cm³/mol. The summed E-state index contributed by atoms with van der Waals surface area (Å²) in [6.07, 6.45) is 4.15. The normalized spacial score (nSPS) is 19.7. The van der Waals surface area contributed by atoms with Gasteiger partial charge in [-0.15, -0.1) is 11.3 Å². The number of carboxylic acids is 1. The number of rotatable bonds is 6. The summed E-state index contributed by atoms with van der Waals surface area (Å²) in [5, 5.41) is 14.4. The third-order valence-corrected chi connectivity index (χ3v) is 5.48. The second kappa shape index (κ2) is 8.29. The monoisotopic (exact) mass is 364 g/mol. The summed E-state index contributed by atoms with van der Waals surface area (Å²) in [6, 6.07) is 1.72. The van der Waals surface area contributed by atoms with E-state index in [1.807, 2.05) is 13.8 Å². The van der Waals surface area contributed by atoms with E-state index in [0.717, 1.165) is 4.88 Å². The maximum Gasteiger partial charge on any atom is 0.341 e. The van der Waals surface area contributed by atoms with Crippen LogP contribution in [0.4, 0.5) is 5.00 Å². The first-order valence-electron chi connectivity index (χ1n) is 8.32. The standard InChI is InChI=1S/C18H23NO5S/c1-4-24-18(23)13-9-14(10(2)3)25-16(13)19-15(20)11-7-5-6-8-12(11)17(21)22/h5-6,9-12H,4,7-8H2,1-3H3,(H,19,20)(H,21,22)/p-1/t11-,12-/m0/s1. The van der Waals surface area contributed by atoms with Crippen molar-refractivity contribution >= 4 is 34.2 Å². The van der Waals surface area contributed by atoms with Gasteiger partial charge >= 0.3 is 5.97 Å². The molecule has 2 rings (SSSR count). The lowest BCUT2D eigenvalue weighted by Crippen LogP contribution is -2.41. The Kier molecular flexibility index (Phi) is 6.36. The van der Waals surface area contributed by atoms with Crippen LogP contribution in [0, 0.1) is 11.8 Å². The lowest BCUT2D eigenvalue weighted by Gasteiger charge is -2.28. The molecule has 0 unspecified atom stereocenters. The lowest BCUT2D eigenvalue weighted by atomic mass is 9.82. The van der Waals surface area contributed by atoms with Crippen LogP contribution in [-0.2, 0) is 14.3 Å². The molecule has 1 aliphatic rings. The number of thiophene rings is 1. The fraction of sp³-hybridized carbons (Fsp3) is 0.500. The van der Waals surface area contributed by atoms with E-state index in [2.05, 4.69) is 5.32 Å². The van der Waals surface area contributed by atoms with Crippen molar-refractivity contribution in [1.82, 2.24) is 0 Å². The van der Waals surface area contributed by atoms with Crippen molar-refractivity contribution in [3.05, 3.63) is 28.7 Å². The number of carboxylic acid groups (broad SMARTS) is 1. The molecule has 6 nitrogen and oxygen atoms in total. The van der Waals surface area contributed by atoms with Crippen LogP contribution in [-0.4, -0.2) is 24.5 Å². The summed E-state index contributed by atoms with van der Waals surface area (Å²) >= 11 is 1.31. The van der Waals surface area contributed by atoms with Crippen molar-refractivity contribution < 1.29 is 24.2 Å². The molecule has 0 aliphatic heterocycles. The number of anilines is 1. The molecule has 0 spiro atoms. The summed E-state index contributed by atoms with van der Waals surface area (Å²) in [7, 11) is 0. The van der Waals surface area contributed by atoms with E-state index in [1.54, 1.807) is 25.1 Å². The molecule has 0 bridgehead atoms. The summed E-state index contributed by atoms with van der Waals surface area (Å²) in [4.78, 5) is 37.0. The van der Waals surface area contributed by atoms with Crippen molar-refractivity contribution in [1.29, 1.82) is 0 Å². The first-order valence-corrected chi connectivity index (χ1v) is 9.14. The number of carbonyl (C=O) groups is 3. The van der Waals surface area contributed by atoms with Gasteiger partial charge in [-0.05, 0) is 31.7 Å². The average Bonchev–Trinajstić information content (AvgIpc) is 2.99. The van der Waals surface area contributed by atoms with Crippen LogP contribution in [0.15, 0.2) is 18.2 Å². The molecule has 1 aromatic heterocycles. The Hall–Kier alpha value is -2.15. The summed E-state index contributed by atoms with van der Waals surface area (Å²) in [5.74, 6) is -3.53. The van der Waals surface area contributed by atoms with Gasteiger partial charge in [-0.3, -0.25) is 4.79 Å². The Labute approximate surface area is 150 Å². The molecule has 1 heterocycles. The number of hydrogen-bond donors (Lipinski definition) is 1. The second-order valence-corrected chi connectivity index (χ2v) is 7.31. The minimum absolute atomic E-state index is 0.192. The Morgan fingerprint density at radius 3 is 2.48 bits per heavy atom. The molecule has 0 saturated carbocycles. The Balaban J connectivity index is 2.25. The molecule has 1 N–H and O–H groups in total. The van der Waals surface area contributed by atoms with Gasteiger partial charge in [0.05, 0.1) is 18.1 Å². The van der Waals surface area contributed by atoms with Crippen LogP contribution < -0.4 is 10.4 Å². The number of nitrogens with one attached hydrogen (secondary N) is 1. The molecule has 0 aromatic carbocycles. The van der Waals surface area contributed by atoms with E-state index in [-0.39, 0.29) is 18.9 Å². The van der Waals surface area contributed by atoms with Crippen molar-refractivity contribution in [2.75, 3.05) is 11.9 Å². The highest BCUT2D eigenvalue weighted by atomic mass is 32.1. The van der Waals surface area contributed by atoms with Crippen molar-refractivity contribution in [3.63, 3.8) is 0 Å². The van der Waals surface area contributed by atoms with E-state index in [0.29, 0.717) is 17.0 Å². The van der Waals surface area contributed by atoms with Gasteiger partial charge in [0, 0.05) is 16.8 Å². The fourth-order valence-corrected chi connectivity index (χ4v) is 3.77. The van der Waals surface area contributed by atoms with E-state index in [1.165, 1.54) is 11.3 Å². The number of allylic oxidation sites excluding steroid dienone is 2. The first-order chi connectivity index (χ1) is 11.8. The molecule has 2 atom stereocenters. The fourth-order valence-electron chi connectivity index (χ4n) is 2.72. The van der Waals surface area contributed by atoms with Crippen LogP contribution in [0.5, 0.6) is 0 Å². The predicted octanol–water partition coefficient (Wildman–Crippen LogP) is 2.32. The topological polar surface area (TPSA) is 95.5 Å². The van der Waals surface area contributed by atoms with Crippen LogP contribution in [0.25, 0.3) is 0 Å². The van der Waals surface area contributed by atoms with Gasteiger partial charge in [-0.2, -0.15) is 0 Å². The van der Waals surface area contributed by atoms with Gasteiger partial charge in [0.2, 0.25) is 5.91 Å². The number of amides is 1. The third-order valence-electron chi connectivity index (χ3n) is 4.12. The van der Waals surface area contributed by atoms with Crippen molar-refractivity contribution in [2.24, 2.45) is 11.8 Å². The van der Waals surface area contributed by atoms with E-state index < -0.39 is 29.7 Å². The van der Waals surface area contributed by atoms with E-state index >= 15 is 0 Å². The summed E-state index contributed by atoms with van der Waals surface area (Å²) < 4.78 is 5.05. The van der Waals surface area contributed by atoms with Crippen LogP contribution >= 0.6 is 11.3 Å². The quantitative estimate of drug-likeness (QED) is 0.617. The Morgan fingerprint density at radius 1 is 1.28 bits per heavy atom. The zero-order valence-electron chi connectivity index (χ0n) is 14.5. The molecule has 0 fully saturated rings. The first kappa shape index (κ1) is 19.2. The molecule has 25 heavy (non-hydrogen) atoms. The van der Waals surface area contributed by atoms with Crippen LogP contribution in [0.2, 0.25) is 0 Å². The number of carbonyl (C=O) groups excluding carboxylic acids is 3. The highest BCUT2D eigenvalue weighted by Crippen LogP contribution is 2.35. The van der Waals surface area contributed by atoms with Gasteiger partial charge in [-0.25, -0.2) is 4.79 Å². The van der Waals surface area contributed by atoms with Gasteiger partial charge in [0.1, 0.15) is 5.00 Å². The van der Waals surface area contributed by atoms with Gasteiger partial charge in [-0.1, -0.05) is 26.0 Å². The van der Waals surface area contributed by atoms with Gasteiger partial charge < -0.3 is 20.0 Å². The zero-order valence-corrected chi connectivity index (χ0v) is 15.4. The molecule has 1 aliphatic carbocycles. The van der Waals surface area contributed by atoms with Gasteiger partial charge in [0.15, 0.2) is 0 Å². The molecule has 0 saturated heterocycles. The van der Waals surface area contributed by atoms with Crippen LogP contribution in [0.1, 0.15) is 54.8 Å². The molecular weight excluding hydrogens is 342 g/mol. The molecule has 136 valence electrons. The molecule has 1 aromatic rings. The van der Waals surface area contributed by atoms with Crippen molar-refractivity contribution in [3.8, 4) is 0 Å². The molecule has 7 heteroatoms. The number of esters is 1. The number of ether oxygens (including phenoxy) is 1. The minimum Gasteiger partial charge on any atom is -0.550 e. The number of hydrogen-bond acceptors (Lipinski definition) is 6. The third kappa shape index (κ3) is 4.48. The summed E-state index contributed by atoms with van der Waals surface area (Å²) in [5.41, 5.74) is 0.306. The molecular formula is C18H22NO5S-. The zero-order chi connectivity index (χ0) is 18.6. The summed E-state index contributed by atoms with van der Waals surface area (Å²) in [6.45, 7) is 5.93. The maximum atomic E-state index is 12.6. The van der Waals surface area contributed by atoms with Crippen LogP contribution in [0.3, 0.4) is 0 Å². The Bertz CT molecular complexity index is 692. The maximum absolute atomic E-state index is 12.6. The highest BCUT2D eigenvalue weighted by Gasteiger charge is 2.31. The second-order valence-electron chi connectivity index (χ2n) is 6.23. The van der Waals surface area contributed by atoms with E-state index in [9.17, 15) is 19.5 Å². The molecule has 0 radical (unpaired) electrons. The highest BCUT2D eigenvalue weighted by molar-refractivity contribution is 7.16. The minimum atomic E-state index is -1.23. The SMILES string of the molecule is CCOC(=O)c1cc(C(C)C)sc1NC(=O)[C@H]1CC=CC[C@@H]1C(=O)[O-]. The molecule has 1 amide bonds.